The number of hydrogen-bond acceptors (Lipinski definition) is 4. The molecule has 28 heavy (non-hydrogen) atoms. The Labute approximate surface area is 165 Å². The highest BCUT2D eigenvalue weighted by molar-refractivity contribution is 5.99. The first-order valence-electron chi connectivity index (χ1n) is 10.3. The van der Waals surface area contributed by atoms with Gasteiger partial charge in [-0.2, -0.15) is 5.26 Å². The number of nitrogens with zero attached hydrogens (tertiary/aromatic N) is 3. The van der Waals surface area contributed by atoms with Crippen molar-refractivity contribution in [3.8, 4) is 11.8 Å². The molecule has 3 fully saturated rings. The van der Waals surface area contributed by atoms with Gasteiger partial charge >= 0.3 is 0 Å². The Bertz CT molecular complexity index is 965. The van der Waals surface area contributed by atoms with E-state index in [0.29, 0.717) is 24.1 Å². The number of aromatic nitrogens is 1. The molecule has 3 aliphatic rings. The van der Waals surface area contributed by atoms with E-state index in [1.165, 1.54) is 5.69 Å². The fraction of sp³-hybridized carbons (Fsp3) is 0.478. The number of carbonyl (C=O) groups excluding carboxylic acids is 1. The fourth-order valence-electron chi connectivity index (χ4n) is 5.19. The van der Waals surface area contributed by atoms with Crippen molar-refractivity contribution in [2.24, 2.45) is 0 Å². The van der Waals surface area contributed by atoms with Crippen LogP contribution in [0.25, 0.3) is 5.69 Å². The van der Waals surface area contributed by atoms with Crippen LogP contribution in [0, 0.1) is 18.3 Å². The lowest BCUT2D eigenvalue weighted by atomic mass is 9.98. The molecular formula is C23H25N3O2. The second-order valence-electron chi connectivity index (χ2n) is 8.53. The van der Waals surface area contributed by atoms with Crippen LogP contribution in [0.5, 0.6) is 0 Å². The zero-order valence-electron chi connectivity index (χ0n) is 16.1. The minimum absolute atomic E-state index is 0.151. The van der Waals surface area contributed by atoms with Gasteiger partial charge in [0.05, 0.1) is 24.3 Å². The molecule has 1 saturated carbocycles. The molecule has 1 aromatic heterocycles. The van der Waals surface area contributed by atoms with E-state index < -0.39 is 0 Å². The minimum atomic E-state index is -0.280. The number of hydrogen-bond donors (Lipinski definition) is 1. The van der Waals surface area contributed by atoms with Gasteiger partial charge in [0.15, 0.2) is 5.78 Å². The van der Waals surface area contributed by atoms with E-state index in [4.69, 9.17) is 5.26 Å². The second-order valence-corrected chi connectivity index (χ2v) is 8.53. The van der Waals surface area contributed by atoms with Crippen molar-refractivity contribution in [1.29, 1.82) is 5.26 Å². The van der Waals surface area contributed by atoms with E-state index in [9.17, 15) is 9.90 Å². The summed E-state index contributed by atoms with van der Waals surface area (Å²) in [5, 5.41) is 19.2. The van der Waals surface area contributed by atoms with Crippen LogP contribution in [-0.2, 0) is 0 Å². The Morgan fingerprint density at radius 1 is 1.21 bits per heavy atom. The second kappa shape index (κ2) is 6.58. The predicted octanol–water partition coefficient (Wildman–Crippen LogP) is 3.32. The molecule has 3 heterocycles. The van der Waals surface area contributed by atoms with E-state index in [2.05, 4.69) is 21.6 Å². The number of nitriles is 1. The Balaban J connectivity index is 1.47. The Morgan fingerprint density at radius 3 is 2.54 bits per heavy atom. The number of aliphatic hydroxyl groups excluding tert-OH is 1. The molecule has 144 valence electrons. The highest BCUT2D eigenvalue weighted by Gasteiger charge is 2.46. The largest absolute Gasteiger partial charge is 0.391 e. The van der Waals surface area contributed by atoms with E-state index in [1.54, 1.807) is 0 Å². The van der Waals surface area contributed by atoms with E-state index in [-0.39, 0.29) is 17.9 Å². The van der Waals surface area contributed by atoms with Crippen molar-refractivity contribution in [3.05, 3.63) is 52.8 Å². The van der Waals surface area contributed by atoms with E-state index in [0.717, 1.165) is 49.0 Å². The van der Waals surface area contributed by atoms with Gasteiger partial charge in [0.2, 0.25) is 0 Å². The maximum atomic E-state index is 13.2. The summed E-state index contributed by atoms with van der Waals surface area (Å²) in [6.45, 7) is 2.42. The molecular weight excluding hydrogens is 350 g/mol. The summed E-state index contributed by atoms with van der Waals surface area (Å²) in [6, 6.07) is 12.3. The van der Waals surface area contributed by atoms with E-state index >= 15 is 0 Å². The van der Waals surface area contributed by atoms with Crippen molar-refractivity contribution >= 4 is 5.78 Å². The summed E-state index contributed by atoms with van der Waals surface area (Å²) in [4.78, 5) is 15.4. The van der Waals surface area contributed by atoms with Crippen LogP contribution in [0.3, 0.4) is 0 Å². The van der Waals surface area contributed by atoms with Crippen LogP contribution in [0.4, 0.5) is 0 Å². The number of rotatable bonds is 5. The molecule has 5 nitrogen and oxygen atoms in total. The molecule has 1 aliphatic carbocycles. The summed E-state index contributed by atoms with van der Waals surface area (Å²) in [6.07, 6.45) is 4.94. The van der Waals surface area contributed by atoms with Crippen LogP contribution in [0.15, 0.2) is 30.3 Å². The molecule has 3 atom stereocenters. The van der Waals surface area contributed by atoms with Gasteiger partial charge in [0.1, 0.15) is 0 Å². The van der Waals surface area contributed by atoms with Crippen molar-refractivity contribution in [2.45, 2.75) is 63.1 Å². The zero-order valence-corrected chi connectivity index (χ0v) is 16.1. The molecule has 2 aliphatic heterocycles. The number of carbonyl (C=O) groups is 1. The predicted molar refractivity (Wildman–Crippen MR) is 106 cm³/mol. The van der Waals surface area contributed by atoms with Gasteiger partial charge in [-0.25, -0.2) is 0 Å². The quantitative estimate of drug-likeness (QED) is 0.814. The third-order valence-electron chi connectivity index (χ3n) is 6.80. The van der Waals surface area contributed by atoms with Crippen molar-refractivity contribution in [2.75, 3.05) is 6.54 Å². The lowest BCUT2D eigenvalue weighted by Gasteiger charge is -2.21. The summed E-state index contributed by atoms with van der Waals surface area (Å²) in [5.41, 5.74) is 4.63. The summed E-state index contributed by atoms with van der Waals surface area (Å²) >= 11 is 0. The highest BCUT2D eigenvalue weighted by atomic mass is 16.3. The summed E-state index contributed by atoms with van der Waals surface area (Å²) in [7, 11) is 0. The van der Waals surface area contributed by atoms with Crippen LogP contribution >= 0.6 is 0 Å². The Hall–Kier alpha value is -2.42. The van der Waals surface area contributed by atoms with Gasteiger partial charge in [-0.1, -0.05) is 0 Å². The maximum Gasteiger partial charge on any atom is 0.178 e. The maximum absolute atomic E-state index is 13.2. The van der Waals surface area contributed by atoms with Gasteiger partial charge in [-0.3, -0.25) is 9.69 Å². The molecule has 5 rings (SSSR count). The average Bonchev–Trinajstić information content (AvgIpc) is 3.32. The van der Waals surface area contributed by atoms with Crippen LogP contribution in [0.1, 0.15) is 65.3 Å². The molecule has 2 aromatic rings. The van der Waals surface area contributed by atoms with Crippen LogP contribution in [0.2, 0.25) is 0 Å². The number of aliphatic hydroxyl groups is 1. The monoisotopic (exact) mass is 375 g/mol. The van der Waals surface area contributed by atoms with E-state index in [1.807, 2.05) is 31.2 Å². The van der Waals surface area contributed by atoms with Crippen molar-refractivity contribution < 1.29 is 9.90 Å². The normalized spacial score (nSPS) is 26.5. The van der Waals surface area contributed by atoms with Crippen molar-refractivity contribution in [1.82, 2.24) is 9.47 Å². The number of fused-ring (bicyclic) bond motifs is 2. The standard InChI is InChI=1S/C23H25N3O2/c1-14-19(23(28)13-25-18-8-9-20(25)22(27)10-18)11-21(16-4-5-16)26(14)17-6-2-15(12-24)3-7-17/h2-3,6-7,11,16,18,20,22,27H,4-5,8-10,13H2,1H3/t18?,20?,22-/m1/s1. The third-order valence-corrected chi connectivity index (χ3v) is 6.80. The number of benzene rings is 1. The zero-order chi connectivity index (χ0) is 19.4. The lowest BCUT2D eigenvalue weighted by molar-refractivity contribution is 0.0873. The van der Waals surface area contributed by atoms with Gasteiger partial charge in [-0.15, -0.1) is 0 Å². The Morgan fingerprint density at radius 2 is 1.96 bits per heavy atom. The average molecular weight is 375 g/mol. The number of ketones is 1. The first-order valence-corrected chi connectivity index (χ1v) is 10.3. The van der Waals surface area contributed by atoms with Gasteiger partial charge in [0, 0.05) is 34.7 Å². The van der Waals surface area contributed by atoms with Crippen LogP contribution in [-0.4, -0.2) is 45.1 Å². The molecule has 1 N–H and O–H groups in total. The molecule has 0 radical (unpaired) electrons. The SMILES string of the molecule is Cc1c(C(=O)CN2C3CCC2[C@H](O)C3)cc(C2CC2)n1-c1ccc(C#N)cc1. The van der Waals surface area contributed by atoms with Gasteiger partial charge < -0.3 is 9.67 Å². The molecule has 2 unspecified atom stereocenters. The van der Waals surface area contributed by atoms with Crippen molar-refractivity contribution in [3.63, 3.8) is 0 Å². The third kappa shape index (κ3) is 2.80. The molecule has 5 heteroatoms. The Kier molecular flexibility index (Phi) is 4.15. The summed E-state index contributed by atoms with van der Waals surface area (Å²) in [5.74, 6) is 0.665. The lowest BCUT2D eigenvalue weighted by Crippen LogP contribution is -2.36. The fourth-order valence-corrected chi connectivity index (χ4v) is 5.19. The first-order chi connectivity index (χ1) is 13.6. The molecule has 2 saturated heterocycles. The topological polar surface area (TPSA) is 69.3 Å². The summed E-state index contributed by atoms with van der Waals surface area (Å²) < 4.78 is 2.19. The molecule has 2 bridgehead atoms. The van der Waals surface area contributed by atoms with Gasteiger partial charge in [0.25, 0.3) is 0 Å². The molecule has 1 aromatic carbocycles. The van der Waals surface area contributed by atoms with Crippen LogP contribution < -0.4 is 0 Å². The molecule has 0 spiro atoms. The van der Waals surface area contributed by atoms with Gasteiger partial charge in [-0.05, 0) is 75.3 Å². The molecule has 0 amide bonds. The first kappa shape index (κ1) is 17.7. The smallest absolute Gasteiger partial charge is 0.178 e. The highest BCUT2D eigenvalue weighted by Crippen LogP contribution is 2.43. The number of Topliss-reactive ketones (excluding diaryl/α,β-unsaturated/α-hetero) is 1. The minimum Gasteiger partial charge on any atom is -0.391 e.